The summed E-state index contributed by atoms with van der Waals surface area (Å²) in [5.41, 5.74) is 5.42. The molecule has 1 aliphatic heterocycles. The minimum Gasteiger partial charge on any atom is -0.409 e. The lowest BCUT2D eigenvalue weighted by atomic mass is 10.1. The summed E-state index contributed by atoms with van der Waals surface area (Å²) in [7, 11) is 0. The van der Waals surface area contributed by atoms with Gasteiger partial charge in [-0.3, -0.25) is 0 Å². The van der Waals surface area contributed by atoms with Crippen LogP contribution >= 0.6 is 0 Å². The van der Waals surface area contributed by atoms with Crippen LogP contribution in [0, 0.1) is 5.92 Å². The first kappa shape index (κ1) is 12.3. The van der Waals surface area contributed by atoms with Crippen LogP contribution in [0.2, 0.25) is 0 Å². The highest BCUT2D eigenvalue weighted by molar-refractivity contribution is 5.81. The molecular weight excluding hydrogens is 196 g/mol. The van der Waals surface area contributed by atoms with Crippen molar-refractivity contribution in [2.75, 3.05) is 19.8 Å². The van der Waals surface area contributed by atoms with Crippen LogP contribution in [0.5, 0.6) is 0 Å². The molecule has 0 saturated carbocycles. The van der Waals surface area contributed by atoms with Crippen molar-refractivity contribution in [3.05, 3.63) is 0 Å². The minimum atomic E-state index is -0.0569. The fourth-order valence-corrected chi connectivity index (χ4v) is 1.50. The lowest BCUT2D eigenvalue weighted by molar-refractivity contribution is -0.0431. The Balaban J connectivity index is 2.09. The van der Waals surface area contributed by atoms with E-state index in [1.165, 1.54) is 6.42 Å². The zero-order chi connectivity index (χ0) is 11.1. The molecule has 0 bridgehead atoms. The van der Waals surface area contributed by atoms with Crippen molar-refractivity contribution in [1.29, 1.82) is 0 Å². The highest BCUT2D eigenvalue weighted by Crippen LogP contribution is 2.13. The Morgan fingerprint density at radius 3 is 3.07 bits per heavy atom. The van der Waals surface area contributed by atoms with Crippen LogP contribution in [0.4, 0.5) is 0 Å². The van der Waals surface area contributed by atoms with Crippen LogP contribution in [-0.2, 0) is 9.47 Å². The Kier molecular flexibility index (Phi) is 5.42. The first-order valence-corrected chi connectivity index (χ1v) is 5.40. The summed E-state index contributed by atoms with van der Waals surface area (Å²) in [6, 6.07) is 0. The van der Waals surface area contributed by atoms with Crippen LogP contribution in [0.25, 0.3) is 0 Å². The highest BCUT2D eigenvalue weighted by atomic mass is 16.5. The van der Waals surface area contributed by atoms with E-state index in [0.717, 1.165) is 19.4 Å². The average molecular weight is 216 g/mol. The third-order valence-corrected chi connectivity index (χ3v) is 2.57. The van der Waals surface area contributed by atoms with E-state index in [1.54, 1.807) is 0 Å². The number of ether oxygens (including phenoxy) is 2. The van der Waals surface area contributed by atoms with Gasteiger partial charge in [0.25, 0.3) is 0 Å². The SMILES string of the molecule is CC(COCC1CCCCO1)/C(N)=N/O. The second-order valence-electron chi connectivity index (χ2n) is 3.95. The Morgan fingerprint density at radius 2 is 2.47 bits per heavy atom. The van der Waals surface area contributed by atoms with E-state index >= 15 is 0 Å². The molecule has 1 rings (SSSR count). The van der Waals surface area contributed by atoms with E-state index in [-0.39, 0.29) is 17.9 Å². The van der Waals surface area contributed by atoms with Gasteiger partial charge in [-0.1, -0.05) is 12.1 Å². The maximum atomic E-state index is 8.44. The van der Waals surface area contributed by atoms with Crippen molar-refractivity contribution in [3.63, 3.8) is 0 Å². The molecule has 3 N–H and O–H groups in total. The smallest absolute Gasteiger partial charge is 0.144 e. The third kappa shape index (κ3) is 4.48. The number of nitrogens with two attached hydrogens (primary N) is 1. The lowest BCUT2D eigenvalue weighted by Gasteiger charge is -2.22. The predicted molar refractivity (Wildman–Crippen MR) is 57.0 cm³/mol. The van der Waals surface area contributed by atoms with Gasteiger partial charge in [0, 0.05) is 12.5 Å². The summed E-state index contributed by atoms with van der Waals surface area (Å²) in [5.74, 6) is 0.151. The summed E-state index contributed by atoms with van der Waals surface area (Å²) in [4.78, 5) is 0. The molecule has 1 saturated heterocycles. The van der Waals surface area contributed by atoms with Crippen molar-refractivity contribution in [2.24, 2.45) is 16.8 Å². The first-order valence-electron chi connectivity index (χ1n) is 5.40. The van der Waals surface area contributed by atoms with Gasteiger partial charge in [0.1, 0.15) is 5.84 Å². The molecule has 0 aliphatic carbocycles. The van der Waals surface area contributed by atoms with Gasteiger partial charge in [-0.05, 0) is 19.3 Å². The standard InChI is InChI=1S/C10H20N2O3/c1-8(10(11)12-13)6-14-7-9-4-2-3-5-15-9/h8-9,13H,2-7H2,1H3,(H2,11,12). The van der Waals surface area contributed by atoms with Crippen LogP contribution < -0.4 is 5.73 Å². The first-order chi connectivity index (χ1) is 7.24. The van der Waals surface area contributed by atoms with E-state index in [9.17, 15) is 0 Å². The van der Waals surface area contributed by atoms with Crippen LogP contribution in [0.15, 0.2) is 5.16 Å². The van der Waals surface area contributed by atoms with E-state index in [0.29, 0.717) is 13.2 Å². The number of rotatable bonds is 5. The van der Waals surface area contributed by atoms with Gasteiger partial charge in [0.05, 0.1) is 19.3 Å². The number of nitrogens with zero attached hydrogens (tertiary/aromatic N) is 1. The second-order valence-corrected chi connectivity index (χ2v) is 3.95. The molecule has 15 heavy (non-hydrogen) atoms. The monoisotopic (exact) mass is 216 g/mol. The zero-order valence-electron chi connectivity index (χ0n) is 9.19. The molecule has 0 aromatic carbocycles. The van der Waals surface area contributed by atoms with Crippen molar-refractivity contribution < 1.29 is 14.7 Å². The largest absolute Gasteiger partial charge is 0.409 e. The minimum absolute atomic E-state index is 0.0569. The van der Waals surface area contributed by atoms with E-state index in [2.05, 4.69) is 5.16 Å². The fourth-order valence-electron chi connectivity index (χ4n) is 1.50. The second kappa shape index (κ2) is 6.63. The molecule has 0 aromatic rings. The Bertz CT molecular complexity index is 203. The molecule has 1 heterocycles. The average Bonchev–Trinajstić information content (AvgIpc) is 2.29. The van der Waals surface area contributed by atoms with Crippen molar-refractivity contribution in [1.82, 2.24) is 0 Å². The molecule has 0 amide bonds. The van der Waals surface area contributed by atoms with E-state index in [1.807, 2.05) is 6.92 Å². The molecule has 0 aromatic heterocycles. The van der Waals surface area contributed by atoms with Crippen LogP contribution in [0.3, 0.4) is 0 Å². The molecular formula is C10H20N2O3. The van der Waals surface area contributed by atoms with E-state index in [4.69, 9.17) is 20.4 Å². The van der Waals surface area contributed by atoms with Crippen molar-refractivity contribution >= 4 is 5.84 Å². The third-order valence-electron chi connectivity index (χ3n) is 2.57. The van der Waals surface area contributed by atoms with Gasteiger partial charge >= 0.3 is 0 Å². The molecule has 1 fully saturated rings. The number of oxime groups is 1. The summed E-state index contributed by atoms with van der Waals surface area (Å²) in [6.45, 7) is 3.76. The summed E-state index contributed by atoms with van der Waals surface area (Å²) in [5, 5.41) is 11.4. The Morgan fingerprint density at radius 1 is 1.67 bits per heavy atom. The van der Waals surface area contributed by atoms with Gasteiger partial charge in [0.2, 0.25) is 0 Å². The van der Waals surface area contributed by atoms with Crippen molar-refractivity contribution in [3.8, 4) is 0 Å². The molecule has 2 unspecified atom stereocenters. The van der Waals surface area contributed by atoms with Gasteiger partial charge < -0.3 is 20.4 Å². The summed E-state index contributed by atoms with van der Waals surface area (Å²) in [6.07, 6.45) is 3.65. The summed E-state index contributed by atoms with van der Waals surface area (Å²) >= 11 is 0. The van der Waals surface area contributed by atoms with E-state index < -0.39 is 0 Å². The molecule has 2 atom stereocenters. The van der Waals surface area contributed by atoms with Gasteiger partial charge in [-0.2, -0.15) is 0 Å². The quantitative estimate of drug-likeness (QED) is 0.310. The predicted octanol–water partition coefficient (Wildman–Crippen LogP) is 0.955. The Labute approximate surface area is 90.2 Å². The zero-order valence-corrected chi connectivity index (χ0v) is 9.19. The molecule has 0 radical (unpaired) electrons. The van der Waals surface area contributed by atoms with Gasteiger partial charge in [-0.15, -0.1) is 0 Å². The molecule has 5 nitrogen and oxygen atoms in total. The van der Waals surface area contributed by atoms with Crippen LogP contribution in [0.1, 0.15) is 26.2 Å². The Hall–Kier alpha value is -0.810. The molecule has 5 heteroatoms. The molecule has 88 valence electrons. The topological polar surface area (TPSA) is 77.1 Å². The maximum Gasteiger partial charge on any atom is 0.144 e. The number of hydrogen-bond donors (Lipinski definition) is 2. The number of hydrogen-bond acceptors (Lipinski definition) is 4. The van der Waals surface area contributed by atoms with Gasteiger partial charge in [-0.25, -0.2) is 0 Å². The van der Waals surface area contributed by atoms with Crippen LogP contribution in [-0.4, -0.2) is 37.0 Å². The lowest BCUT2D eigenvalue weighted by Crippen LogP contribution is -2.29. The molecule has 0 spiro atoms. The van der Waals surface area contributed by atoms with Gasteiger partial charge in [0.15, 0.2) is 0 Å². The normalized spacial score (nSPS) is 25.1. The molecule has 1 aliphatic rings. The number of amidine groups is 1. The highest BCUT2D eigenvalue weighted by Gasteiger charge is 2.15. The fraction of sp³-hybridized carbons (Fsp3) is 0.900. The summed E-state index contributed by atoms with van der Waals surface area (Å²) < 4.78 is 11.0. The van der Waals surface area contributed by atoms with Crippen molar-refractivity contribution in [2.45, 2.75) is 32.3 Å². The maximum absolute atomic E-state index is 8.44.